The Labute approximate surface area is 177 Å². The number of amides is 5. The fourth-order valence-electron chi connectivity index (χ4n) is 2.17. The van der Waals surface area contributed by atoms with Crippen LogP contribution in [0.2, 0.25) is 0 Å². The fraction of sp³-hybridized carbons (Fsp3) is 0.625. The number of primary amides is 2. The van der Waals surface area contributed by atoms with Gasteiger partial charge in [-0.3, -0.25) is 24.0 Å². The van der Waals surface area contributed by atoms with Crippen molar-refractivity contribution in [2.45, 2.75) is 50.4 Å². The highest BCUT2D eigenvalue weighted by molar-refractivity contribution is 7.98. The van der Waals surface area contributed by atoms with Gasteiger partial charge in [0.15, 0.2) is 0 Å². The zero-order valence-electron chi connectivity index (χ0n) is 16.7. The van der Waals surface area contributed by atoms with Crippen molar-refractivity contribution in [1.82, 2.24) is 16.0 Å². The predicted molar refractivity (Wildman–Crippen MR) is 108 cm³/mol. The quantitative estimate of drug-likeness (QED) is 0.139. The van der Waals surface area contributed by atoms with Crippen LogP contribution in [0.3, 0.4) is 0 Å². The fourth-order valence-corrected chi connectivity index (χ4v) is 2.64. The molecule has 170 valence electrons. The number of carbonyl (C=O) groups is 6. The first-order chi connectivity index (χ1) is 13.9. The summed E-state index contributed by atoms with van der Waals surface area (Å²) in [6.07, 6.45) is 0.968. The van der Waals surface area contributed by atoms with Crippen molar-refractivity contribution in [3.05, 3.63) is 0 Å². The summed E-state index contributed by atoms with van der Waals surface area (Å²) in [5.41, 5.74) is 15.5. The summed E-state index contributed by atoms with van der Waals surface area (Å²) in [7, 11) is 0. The number of carbonyl (C=O) groups excluding carboxylic acids is 5. The number of thioether (sulfide) groups is 1. The van der Waals surface area contributed by atoms with E-state index in [1.54, 1.807) is 6.26 Å². The lowest BCUT2D eigenvalue weighted by Gasteiger charge is -2.23. The normalized spacial score (nSPS) is 14.5. The first kappa shape index (κ1) is 27.1. The van der Waals surface area contributed by atoms with E-state index in [0.29, 0.717) is 5.75 Å². The molecule has 10 N–H and O–H groups in total. The molecule has 0 aliphatic carbocycles. The molecule has 0 spiro atoms. The molecule has 0 aliphatic heterocycles. The third-order valence-corrected chi connectivity index (χ3v) is 4.42. The average molecular weight is 449 g/mol. The molecule has 0 bridgehead atoms. The zero-order chi connectivity index (χ0) is 23.4. The van der Waals surface area contributed by atoms with Crippen molar-refractivity contribution in [1.29, 1.82) is 0 Å². The first-order valence-electron chi connectivity index (χ1n) is 8.84. The van der Waals surface area contributed by atoms with Crippen LogP contribution < -0.4 is 33.2 Å². The van der Waals surface area contributed by atoms with Gasteiger partial charge in [0.1, 0.15) is 18.1 Å². The van der Waals surface area contributed by atoms with E-state index in [1.165, 1.54) is 18.7 Å². The summed E-state index contributed by atoms with van der Waals surface area (Å²) >= 11 is 1.41. The Morgan fingerprint density at radius 3 is 1.87 bits per heavy atom. The van der Waals surface area contributed by atoms with Gasteiger partial charge in [-0.15, -0.1) is 0 Å². The van der Waals surface area contributed by atoms with E-state index in [1.807, 2.05) is 0 Å². The molecule has 4 unspecified atom stereocenters. The van der Waals surface area contributed by atoms with Crippen molar-refractivity contribution in [3.8, 4) is 0 Å². The van der Waals surface area contributed by atoms with Crippen LogP contribution in [-0.2, 0) is 28.8 Å². The lowest BCUT2D eigenvalue weighted by atomic mass is 10.1. The standard InChI is InChI=1S/C16H28N6O7S/c1-7(13(25)22-10(16(28)29)6-12(19)24)20-15(27)9(3-4-30-2)21-14(26)8(17)5-11(18)23/h7-10H,3-6,17H2,1-2H3,(H2,18,23)(H2,19,24)(H,20,27)(H,21,26)(H,22,25)(H,28,29). The van der Waals surface area contributed by atoms with Gasteiger partial charge in [-0.1, -0.05) is 0 Å². The molecule has 0 radical (unpaired) electrons. The third-order valence-electron chi connectivity index (χ3n) is 3.77. The lowest BCUT2D eigenvalue weighted by Crippen LogP contribution is -2.56. The van der Waals surface area contributed by atoms with Gasteiger partial charge in [-0.05, 0) is 25.4 Å². The molecule has 30 heavy (non-hydrogen) atoms. The van der Waals surface area contributed by atoms with Crippen molar-refractivity contribution in [2.24, 2.45) is 17.2 Å². The van der Waals surface area contributed by atoms with Crippen molar-refractivity contribution < 1.29 is 33.9 Å². The van der Waals surface area contributed by atoms with Crippen molar-refractivity contribution >= 4 is 47.3 Å². The number of hydrogen-bond acceptors (Lipinski definition) is 8. The average Bonchev–Trinajstić information content (AvgIpc) is 2.62. The summed E-state index contributed by atoms with van der Waals surface area (Å²) in [5.74, 6) is -5.02. The topological polar surface area (TPSA) is 237 Å². The van der Waals surface area contributed by atoms with E-state index >= 15 is 0 Å². The maximum Gasteiger partial charge on any atom is 0.326 e. The molecule has 13 nitrogen and oxygen atoms in total. The molecule has 0 aliphatic rings. The molecule has 0 rings (SSSR count). The van der Waals surface area contributed by atoms with Crippen LogP contribution in [0.1, 0.15) is 26.2 Å². The van der Waals surface area contributed by atoms with Gasteiger partial charge in [0, 0.05) is 0 Å². The van der Waals surface area contributed by atoms with Crippen LogP contribution in [0.15, 0.2) is 0 Å². The van der Waals surface area contributed by atoms with Gasteiger partial charge >= 0.3 is 5.97 Å². The van der Waals surface area contributed by atoms with Crippen LogP contribution >= 0.6 is 11.8 Å². The third kappa shape index (κ3) is 10.6. The molecule has 0 aromatic heterocycles. The molecule has 0 fully saturated rings. The number of nitrogens with two attached hydrogens (primary N) is 3. The second-order valence-electron chi connectivity index (χ2n) is 6.42. The minimum Gasteiger partial charge on any atom is -0.480 e. The van der Waals surface area contributed by atoms with E-state index in [2.05, 4.69) is 16.0 Å². The van der Waals surface area contributed by atoms with Crippen LogP contribution in [-0.4, -0.2) is 76.8 Å². The maximum absolute atomic E-state index is 12.5. The molecule has 5 amide bonds. The highest BCUT2D eigenvalue weighted by Crippen LogP contribution is 2.03. The van der Waals surface area contributed by atoms with Gasteiger partial charge in [0.2, 0.25) is 29.5 Å². The smallest absolute Gasteiger partial charge is 0.326 e. The van der Waals surface area contributed by atoms with E-state index in [-0.39, 0.29) is 6.42 Å². The van der Waals surface area contributed by atoms with Gasteiger partial charge in [0.25, 0.3) is 0 Å². The SMILES string of the molecule is CSCCC(NC(=O)C(N)CC(N)=O)C(=O)NC(C)C(=O)NC(CC(N)=O)C(=O)O. The molecular weight excluding hydrogens is 420 g/mol. The Morgan fingerprint density at radius 1 is 0.867 bits per heavy atom. The largest absolute Gasteiger partial charge is 0.480 e. The number of aliphatic carboxylic acids is 1. The van der Waals surface area contributed by atoms with Crippen LogP contribution in [0, 0.1) is 0 Å². The molecule has 0 heterocycles. The Kier molecular flexibility index (Phi) is 12.1. The minimum atomic E-state index is -1.55. The Hall–Kier alpha value is -2.87. The number of nitrogens with one attached hydrogen (secondary N) is 3. The number of carboxylic acid groups (broad SMARTS) is 1. The first-order valence-corrected chi connectivity index (χ1v) is 10.2. The van der Waals surface area contributed by atoms with E-state index < -0.39 is 72.5 Å². The molecule has 0 aromatic rings. The Morgan fingerprint density at radius 2 is 1.40 bits per heavy atom. The van der Waals surface area contributed by atoms with E-state index in [4.69, 9.17) is 22.3 Å². The van der Waals surface area contributed by atoms with Crippen molar-refractivity contribution in [3.63, 3.8) is 0 Å². The van der Waals surface area contributed by atoms with Gasteiger partial charge < -0.3 is 38.3 Å². The molecular formula is C16H28N6O7S. The van der Waals surface area contributed by atoms with Gasteiger partial charge in [0.05, 0.1) is 18.9 Å². The number of carboxylic acids is 1. The highest BCUT2D eigenvalue weighted by atomic mass is 32.2. The van der Waals surface area contributed by atoms with Crippen LogP contribution in [0.5, 0.6) is 0 Å². The van der Waals surface area contributed by atoms with Gasteiger partial charge in [-0.2, -0.15) is 11.8 Å². The van der Waals surface area contributed by atoms with Crippen LogP contribution in [0.4, 0.5) is 0 Å². The molecule has 4 atom stereocenters. The van der Waals surface area contributed by atoms with Crippen LogP contribution in [0.25, 0.3) is 0 Å². The van der Waals surface area contributed by atoms with Gasteiger partial charge in [-0.25, -0.2) is 4.79 Å². The number of rotatable bonds is 14. The monoisotopic (exact) mass is 448 g/mol. The molecule has 14 heteroatoms. The molecule has 0 saturated heterocycles. The Bertz CT molecular complexity index is 674. The highest BCUT2D eigenvalue weighted by Gasteiger charge is 2.29. The summed E-state index contributed by atoms with van der Waals surface area (Å²) in [5, 5.41) is 15.9. The predicted octanol–water partition coefficient (Wildman–Crippen LogP) is -3.62. The second kappa shape index (κ2) is 13.4. The molecule has 0 aromatic carbocycles. The second-order valence-corrected chi connectivity index (χ2v) is 7.41. The summed E-state index contributed by atoms with van der Waals surface area (Å²) in [4.78, 5) is 69.6. The van der Waals surface area contributed by atoms with E-state index in [9.17, 15) is 28.8 Å². The summed E-state index contributed by atoms with van der Waals surface area (Å²) in [6, 6.07) is -5.02. The van der Waals surface area contributed by atoms with Crippen molar-refractivity contribution in [2.75, 3.05) is 12.0 Å². The van der Waals surface area contributed by atoms with E-state index in [0.717, 1.165) is 0 Å². The molecule has 0 saturated carbocycles. The maximum atomic E-state index is 12.5. The summed E-state index contributed by atoms with van der Waals surface area (Å²) < 4.78 is 0. The Balaban J connectivity index is 5.04. The lowest BCUT2D eigenvalue weighted by molar-refractivity contribution is -0.143. The minimum absolute atomic E-state index is 0.204. The summed E-state index contributed by atoms with van der Waals surface area (Å²) in [6.45, 7) is 1.29. The number of hydrogen-bond donors (Lipinski definition) is 7. The zero-order valence-corrected chi connectivity index (χ0v) is 17.5.